The second-order valence-electron chi connectivity index (χ2n) is 5.97. The Morgan fingerprint density at radius 2 is 2.00 bits per heavy atom. The first kappa shape index (κ1) is 17.1. The van der Waals surface area contributed by atoms with Gasteiger partial charge in [0.1, 0.15) is 13.2 Å². The van der Waals surface area contributed by atoms with E-state index in [1.807, 2.05) is 36.4 Å². The van der Waals surface area contributed by atoms with Crippen molar-refractivity contribution in [3.8, 4) is 11.5 Å². The van der Waals surface area contributed by atoms with Crippen molar-refractivity contribution in [2.24, 2.45) is 0 Å². The number of rotatable bonds is 5. The highest BCUT2D eigenvalue weighted by atomic mass is 35.5. The van der Waals surface area contributed by atoms with Crippen LogP contribution >= 0.6 is 22.9 Å². The number of hydrogen-bond donors (Lipinski definition) is 1. The summed E-state index contributed by atoms with van der Waals surface area (Å²) in [6, 6.07) is 11.3. The van der Waals surface area contributed by atoms with E-state index in [1.54, 1.807) is 11.3 Å². The summed E-state index contributed by atoms with van der Waals surface area (Å²) in [7, 11) is 0. The van der Waals surface area contributed by atoms with E-state index in [-0.39, 0.29) is 5.91 Å². The van der Waals surface area contributed by atoms with E-state index < -0.39 is 0 Å². The van der Waals surface area contributed by atoms with Crippen LogP contribution in [0, 0.1) is 0 Å². The molecule has 1 amide bonds. The van der Waals surface area contributed by atoms with Gasteiger partial charge in [-0.15, -0.1) is 11.3 Å². The lowest BCUT2D eigenvalue weighted by molar-refractivity contribution is -0.120. The Bertz CT molecular complexity index is 957. The van der Waals surface area contributed by atoms with Crippen LogP contribution in [0.2, 0.25) is 5.02 Å². The Balaban J connectivity index is 1.31. The summed E-state index contributed by atoms with van der Waals surface area (Å²) >= 11 is 7.61. The van der Waals surface area contributed by atoms with E-state index in [2.05, 4.69) is 10.3 Å². The van der Waals surface area contributed by atoms with Crippen molar-refractivity contribution in [1.29, 1.82) is 0 Å². The number of benzene rings is 2. The lowest BCUT2D eigenvalue weighted by Gasteiger charge is -2.18. The number of nitrogens with zero attached hydrogens (tertiary/aromatic N) is 1. The smallest absolute Gasteiger partial charge is 0.224 e. The predicted octanol–water partition coefficient (Wildman–Crippen LogP) is 3.62. The number of amides is 1. The van der Waals surface area contributed by atoms with Crippen LogP contribution in [-0.4, -0.2) is 30.6 Å². The van der Waals surface area contributed by atoms with Crippen LogP contribution in [0.1, 0.15) is 10.6 Å². The molecule has 3 aromatic rings. The minimum atomic E-state index is -0.0224. The van der Waals surface area contributed by atoms with Gasteiger partial charge in [-0.25, -0.2) is 4.98 Å². The second kappa shape index (κ2) is 7.51. The molecule has 2 heterocycles. The highest BCUT2D eigenvalue weighted by Gasteiger charge is 2.13. The van der Waals surface area contributed by atoms with E-state index in [4.69, 9.17) is 21.1 Å². The van der Waals surface area contributed by atoms with E-state index >= 15 is 0 Å². The number of nitrogens with one attached hydrogen (secondary N) is 1. The molecule has 26 heavy (non-hydrogen) atoms. The number of fused-ring (bicyclic) bond motifs is 2. The molecule has 2 aromatic carbocycles. The van der Waals surface area contributed by atoms with Gasteiger partial charge < -0.3 is 14.8 Å². The first-order chi connectivity index (χ1) is 12.7. The molecule has 0 unspecified atom stereocenters. The molecular formula is C19H17ClN2O3S. The van der Waals surface area contributed by atoms with Crippen LogP contribution in [-0.2, 0) is 17.6 Å². The second-order valence-corrected chi connectivity index (χ2v) is 7.53. The van der Waals surface area contributed by atoms with Gasteiger partial charge in [0.2, 0.25) is 5.91 Å². The van der Waals surface area contributed by atoms with Crippen molar-refractivity contribution in [1.82, 2.24) is 10.3 Å². The van der Waals surface area contributed by atoms with Crippen molar-refractivity contribution in [3.05, 3.63) is 52.0 Å². The molecule has 4 rings (SSSR count). The monoisotopic (exact) mass is 388 g/mol. The SMILES string of the molecule is O=C(Cc1ccc2c(c1)OCCO2)NCCc1nc2cc(Cl)ccc2s1. The zero-order valence-electron chi connectivity index (χ0n) is 14.0. The van der Waals surface area contributed by atoms with Crippen LogP contribution in [0.3, 0.4) is 0 Å². The fourth-order valence-electron chi connectivity index (χ4n) is 2.81. The summed E-state index contributed by atoms with van der Waals surface area (Å²) < 4.78 is 12.1. The fraction of sp³-hybridized carbons (Fsp3) is 0.263. The molecular weight excluding hydrogens is 372 g/mol. The highest BCUT2D eigenvalue weighted by molar-refractivity contribution is 7.18. The van der Waals surface area contributed by atoms with Crippen molar-refractivity contribution < 1.29 is 14.3 Å². The van der Waals surface area contributed by atoms with Gasteiger partial charge in [0.05, 0.1) is 21.6 Å². The fourth-order valence-corrected chi connectivity index (χ4v) is 3.92. The first-order valence-corrected chi connectivity index (χ1v) is 9.57. The number of hydrogen-bond acceptors (Lipinski definition) is 5. The van der Waals surface area contributed by atoms with Crippen LogP contribution in [0.15, 0.2) is 36.4 Å². The molecule has 1 aliphatic heterocycles. The molecule has 0 spiro atoms. The van der Waals surface area contributed by atoms with Gasteiger partial charge in [-0.3, -0.25) is 4.79 Å². The number of aromatic nitrogens is 1. The Hall–Kier alpha value is -2.31. The number of ether oxygens (including phenoxy) is 2. The summed E-state index contributed by atoms with van der Waals surface area (Å²) in [4.78, 5) is 16.7. The van der Waals surface area contributed by atoms with Crippen molar-refractivity contribution in [3.63, 3.8) is 0 Å². The standard InChI is InChI=1S/C19H17ClN2O3S/c20-13-2-4-17-14(11-13)22-19(26-17)5-6-21-18(23)10-12-1-3-15-16(9-12)25-8-7-24-15/h1-4,9,11H,5-8,10H2,(H,21,23). The van der Waals surface area contributed by atoms with E-state index in [9.17, 15) is 4.79 Å². The van der Waals surface area contributed by atoms with Gasteiger partial charge in [-0.2, -0.15) is 0 Å². The maximum Gasteiger partial charge on any atom is 0.224 e. The van der Waals surface area contributed by atoms with Gasteiger partial charge >= 0.3 is 0 Å². The minimum absolute atomic E-state index is 0.0224. The zero-order chi connectivity index (χ0) is 17.9. The summed E-state index contributed by atoms with van der Waals surface area (Å²) in [5, 5.41) is 4.62. The van der Waals surface area contributed by atoms with Gasteiger partial charge in [-0.1, -0.05) is 17.7 Å². The van der Waals surface area contributed by atoms with Crippen LogP contribution in [0.5, 0.6) is 11.5 Å². The normalized spacial score (nSPS) is 13.0. The molecule has 5 nitrogen and oxygen atoms in total. The van der Waals surface area contributed by atoms with Gasteiger partial charge in [-0.05, 0) is 35.9 Å². The van der Waals surface area contributed by atoms with Gasteiger partial charge in [0.25, 0.3) is 0 Å². The quantitative estimate of drug-likeness (QED) is 0.725. The lowest BCUT2D eigenvalue weighted by atomic mass is 10.1. The topological polar surface area (TPSA) is 60.5 Å². The Morgan fingerprint density at radius 3 is 2.88 bits per heavy atom. The number of halogens is 1. The van der Waals surface area contributed by atoms with Crippen LogP contribution in [0.4, 0.5) is 0 Å². The molecule has 0 saturated carbocycles. The zero-order valence-corrected chi connectivity index (χ0v) is 15.5. The average molecular weight is 389 g/mol. The third kappa shape index (κ3) is 3.92. The number of carbonyl (C=O) groups is 1. The molecule has 0 radical (unpaired) electrons. The molecule has 1 N–H and O–H groups in total. The molecule has 7 heteroatoms. The average Bonchev–Trinajstić information content (AvgIpc) is 3.03. The number of carbonyl (C=O) groups excluding carboxylic acids is 1. The maximum absolute atomic E-state index is 12.2. The molecule has 1 aliphatic rings. The third-order valence-corrected chi connectivity index (χ3v) is 5.36. The molecule has 1 aromatic heterocycles. The molecule has 0 bridgehead atoms. The van der Waals surface area contributed by atoms with Crippen LogP contribution in [0.25, 0.3) is 10.2 Å². The van der Waals surface area contributed by atoms with Crippen LogP contribution < -0.4 is 14.8 Å². The number of thiazole rings is 1. The lowest BCUT2D eigenvalue weighted by Crippen LogP contribution is -2.27. The van der Waals surface area contributed by atoms with Gasteiger partial charge in [0, 0.05) is 18.0 Å². The summed E-state index contributed by atoms with van der Waals surface area (Å²) in [5.41, 5.74) is 1.81. The predicted molar refractivity (Wildman–Crippen MR) is 102 cm³/mol. The Labute approximate surface area is 159 Å². The van der Waals surface area contributed by atoms with E-state index in [0.717, 1.165) is 26.5 Å². The molecule has 134 valence electrons. The van der Waals surface area contributed by atoms with Gasteiger partial charge in [0.15, 0.2) is 11.5 Å². The van der Waals surface area contributed by atoms with Crippen molar-refractivity contribution in [2.75, 3.05) is 19.8 Å². The molecule has 0 atom stereocenters. The molecule has 0 saturated heterocycles. The summed E-state index contributed by atoms with van der Waals surface area (Å²) in [6.07, 6.45) is 1.01. The maximum atomic E-state index is 12.2. The third-order valence-electron chi connectivity index (χ3n) is 4.03. The molecule has 0 aliphatic carbocycles. The summed E-state index contributed by atoms with van der Waals surface area (Å²) in [5.74, 6) is 1.41. The Kier molecular flexibility index (Phi) is 4.95. The largest absolute Gasteiger partial charge is 0.486 e. The van der Waals surface area contributed by atoms with E-state index in [0.29, 0.717) is 43.4 Å². The highest BCUT2D eigenvalue weighted by Crippen LogP contribution is 2.30. The van der Waals surface area contributed by atoms with Crippen molar-refractivity contribution in [2.45, 2.75) is 12.8 Å². The van der Waals surface area contributed by atoms with Crippen molar-refractivity contribution >= 4 is 39.1 Å². The summed E-state index contributed by atoms with van der Waals surface area (Å²) in [6.45, 7) is 1.65. The first-order valence-electron chi connectivity index (χ1n) is 8.37. The molecule has 0 fully saturated rings. The Morgan fingerprint density at radius 1 is 1.15 bits per heavy atom. The van der Waals surface area contributed by atoms with E-state index in [1.165, 1.54) is 0 Å². The minimum Gasteiger partial charge on any atom is -0.486 e.